The van der Waals surface area contributed by atoms with Gasteiger partial charge in [0.1, 0.15) is 0 Å². The van der Waals surface area contributed by atoms with E-state index in [0.717, 1.165) is 27.0 Å². The van der Waals surface area contributed by atoms with Gasteiger partial charge >= 0.3 is 4.87 Å². The summed E-state index contributed by atoms with van der Waals surface area (Å²) in [4.78, 5) is 15.3. The average molecular weight is 284 g/mol. The van der Waals surface area contributed by atoms with Crippen molar-refractivity contribution in [2.24, 2.45) is 0 Å². The van der Waals surface area contributed by atoms with Crippen molar-refractivity contribution >= 4 is 27.3 Å². The maximum Gasteiger partial charge on any atom is 0.305 e. The third kappa shape index (κ3) is 2.21. The van der Waals surface area contributed by atoms with Crippen molar-refractivity contribution in [3.05, 3.63) is 43.3 Å². The van der Waals surface area contributed by atoms with Crippen molar-refractivity contribution in [2.75, 3.05) is 0 Å². The molecule has 0 aliphatic heterocycles. The van der Waals surface area contributed by atoms with Crippen LogP contribution in [0.4, 0.5) is 0 Å². The number of benzene rings is 1. The van der Waals surface area contributed by atoms with Gasteiger partial charge < -0.3 is 4.98 Å². The zero-order valence-corrected chi connectivity index (χ0v) is 10.6. The molecule has 0 saturated carbocycles. The highest BCUT2D eigenvalue weighted by Crippen LogP contribution is 2.25. The Bertz CT molecular complexity index is 529. The quantitative estimate of drug-likeness (QED) is 0.900. The Kier molecular flexibility index (Phi) is 3.07. The normalized spacial score (nSPS) is 10.5. The fourth-order valence-corrected chi connectivity index (χ4v) is 2.68. The Labute approximate surface area is 100 Å². The van der Waals surface area contributed by atoms with Gasteiger partial charge in [-0.25, -0.2) is 0 Å². The molecule has 0 aliphatic rings. The maximum atomic E-state index is 11.3. The third-order valence-electron chi connectivity index (χ3n) is 2.16. The van der Waals surface area contributed by atoms with Crippen molar-refractivity contribution in [1.29, 1.82) is 0 Å². The van der Waals surface area contributed by atoms with E-state index < -0.39 is 0 Å². The number of aromatic nitrogens is 1. The molecule has 0 aliphatic carbocycles. The van der Waals surface area contributed by atoms with Gasteiger partial charge in [0, 0.05) is 14.9 Å². The number of rotatable bonds is 2. The molecule has 0 unspecified atom stereocenters. The second-order valence-corrected chi connectivity index (χ2v) is 5.16. The van der Waals surface area contributed by atoms with Gasteiger partial charge in [-0.2, -0.15) is 0 Å². The van der Waals surface area contributed by atoms with E-state index in [2.05, 4.69) is 27.8 Å². The molecule has 78 valence electrons. The van der Waals surface area contributed by atoms with Crippen LogP contribution in [0.1, 0.15) is 11.8 Å². The summed E-state index contributed by atoms with van der Waals surface area (Å²) in [5, 5.41) is 0. The van der Waals surface area contributed by atoms with E-state index in [1.54, 1.807) is 0 Å². The van der Waals surface area contributed by atoms with Crippen molar-refractivity contribution in [3.8, 4) is 11.3 Å². The van der Waals surface area contributed by atoms with Crippen molar-refractivity contribution < 1.29 is 0 Å². The molecular weight excluding hydrogens is 274 g/mol. The van der Waals surface area contributed by atoms with E-state index in [9.17, 15) is 4.79 Å². The van der Waals surface area contributed by atoms with Crippen LogP contribution < -0.4 is 4.87 Å². The lowest BCUT2D eigenvalue weighted by molar-refractivity contribution is 1.17. The van der Waals surface area contributed by atoms with Crippen LogP contribution in [0.3, 0.4) is 0 Å². The molecule has 2 rings (SSSR count). The zero-order chi connectivity index (χ0) is 10.8. The number of aromatic amines is 1. The highest BCUT2D eigenvalue weighted by Gasteiger charge is 2.08. The van der Waals surface area contributed by atoms with E-state index in [0.29, 0.717) is 0 Å². The molecule has 0 atom stereocenters. The number of hydrogen-bond donors (Lipinski definition) is 1. The minimum absolute atomic E-state index is 0.0156. The Morgan fingerprint density at radius 2 is 2.27 bits per heavy atom. The monoisotopic (exact) mass is 283 g/mol. The summed E-state index contributed by atoms with van der Waals surface area (Å²) in [6, 6.07) is 7.95. The predicted molar refractivity (Wildman–Crippen MR) is 67.5 cm³/mol. The number of H-pyrrole nitrogens is 1. The summed E-state index contributed by atoms with van der Waals surface area (Å²) in [6.07, 6.45) is 0.880. The lowest BCUT2D eigenvalue weighted by Gasteiger charge is -2.01. The van der Waals surface area contributed by atoms with Crippen LogP contribution in [0.15, 0.2) is 33.5 Å². The summed E-state index contributed by atoms with van der Waals surface area (Å²) in [5.41, 5.74) is 2.01. The average Bonchev–Trinajstić information content (AvgIpc) is 2.59. The Morgan fingerprint density at radius 3 is 2.93 bits per heavy atom. The second-order valence-electron chi connectivity index (χ2n) is 3.18. The lowest BCUT2D eigenvalue weighted by Crippen LogP contribution is -1.92. The Balaban J connectivity index is 2.57. The maximum absolute atomic E-state index is 11.3. The van der Waals surface area contributed by atoms with E-state index in [4.69, 9.17) is 0 Å². The summed E-state index contributed by atoms with van der Waals surface area (Å²) >= 11 is 4.71. The van der Waals surface area contributed by atoms with Gasteiger partial charge in [-0.1, -0.05) is 46.3 Å². The van der Waals surface area contributed by atoms with Gasteiger partial charge in [-0.15, -0.1) is 0 Å². The van der Waals surface area contributed by atoms with Crippen LogP contribution in [-0.2, 0) is 6.42 Å². The minimum Gasteiger partial charge on any atom is -0.312 e. The van der Waals surface area contributed by atoms with Gasteiger partial charge in [-0.05, 0) is 18.6 Å². The van der Waals surface area contributed by atoms with E-state index in [1.165, 1.54) is 11.3 Å². The fourth-order valence-electron chi connectivity index (χ4n) is 1.49. The molecule has 4 heteroatoms. The number of nitrogens with one attached hydrogen (secondary N) is 1. The summed E-state index contributed by atoms with van der Waals surface area (Å²) in [6.45, 7) is 2.06. The lowest BCUT2D eigenvalue weighted by atomic mass is 10.1. The van der Waals surface area contributed by atoms with Crippen LogP contribution in [0.25, 0.3) is 11.3 Å². The largest absolute Gasteiger partial charge is 0.312 e. The first-order valence-electron chi connectivity index (χ1n) is 4.68. The van der Waals surface area contributed by atoms with Crippen molar-refractivity contribution in [3.63, 3.8) is 0 Å². The number of aryl methyl sites for hydroxylation is 1. The molecule has 1 N–H and O–H groups in total. The third-order valence-corrected chi connectivity index (χ3v) is 3.68. The molecule has 0 radical (unpaired) electrons. The van der Waals surface area contributed by atoms with Gasteiger partial charge in [0.25, 0.3) is 0 Å². The van der Waals surface area contributed by atoms with E-state index >= 15 is 0 Å². The van der Waals surface area contributed by atoms with E-state index in [-0.39, 0.29) is 4.87 Å². The zero-order valence-electron chi connectivity index (χ0n) is 8.21. The molecular formula is C11H10BrNOS. The molecule has 1 aromatic carbocycles. The molecule has 1 heterocycles. The van der Waals surface area contributed by atoms with Gasteiger partial charge in [-0.3, -0.25) is 4.79 Å². The molecule has 0 amide bonds. The molecule has 0 spiro atoms. The SMILES string of the molecule is CCc1sc(=O)[nH]c1-c1cccc(Br)c1. The van der Waals surface area contributed by atoms with E-state index in [1.807, 2.05) is 24.3 Å². The first-order valence-corrected chi connectivity index (χ1v) is 6.29. The predicted octanol–water partition coefficient (Wildman–Crippen LogP) is 3.43. The van der Waals surface area contributed by atoms with Gasteiger partial charge in [0.05, 0.1) is 5.69 Å². The van der Waals surface area contributed by atoms with Crippen LogP contribution >= 0.6 is 27.3 Å². The fraction of sp³-hybridized carbons (Fsp3) is 0.182. The van der Waals surface area contributed by atoms with Crippen LogP contribution in [0, 0.1) is 0 Å². The van der Waals surface area contributed by atoms with Gasteiger partial charge in [0.2, 0.25) is 0 Å². The first-order chi connectivity index (χ1) is 7.20. The topological polar surface area (TPSA) is 32.9 Å². The molecule has 0 saturated heterocycles. The number of thiazole rings is 1. The standard InChI is InChI=1S/C11H10BrNOS/c1-2-9-10(13-11(14)15-9)7-4-3-5-8(12)6-7/h3-6H,2H2,1H3,(H,13,14). The van der Waals surface area contributed by atoms with Crippen LogP contribution in [0.5, 0.6) is 0 Å². The number of halogens is 1. The first kappa shape index (κ1) is 10.6. The molecule has 15 heavy (non-hydrogen) atoms. The number of hydrogen-bond acceptors (Lipinski definition) is 2. The summed E-state index contributed by atoms with van der Waals surface area (Å²) in [7, 11) is 0. The highest BCUT2D eigenvalue weighted by molar-refractivity contribution is 9.10. The van der Waals surface area contributed by atoms with Crippen molar-refractivity contribution in [2.45, 2.75) is 13.3 Å². The second kappa shape index (κ2) is 4.33. The molecule has 0 bridgehead atoms. The highest BCUT2D eigenvalue weighted by atomic mass is 79.9. The molecule has 0 fully saturated rings. The smallest absolute Gasteiger partial charge is 0.305 e. The van der Waals surface area contributed by atoms with Crippen molar-refractivity contribution in [1.82, 2.24) is 4.98 Å². The molecule has 2 aromatic rings. The Hall–Kier alpha value is -0.870. The minimum atomic E-state index is 0.0156. The van der Waals surface area contributed by atoms with Crippen LogP contribution in [0.2, 0.25) is 0 Å². The molecule has 1 aromatic heterocycles. The summed E-state index contributed by atoms with van der Waals surface area (Å²) in [5.74, 6) is 0. The Morgan fingerprint density at radius 1 is 1.47 bits per heavy atom. The molecule has 2 nitrogen and oxygen atoms in total. The van der Waals surface area contributed by atoms with Crippen LogP contribution in [-0.4, -0.2) is 4.98 Å². The van der Waals surface area contributed by atoms with Gasteiger partial charge in [0.15, 0.2) is 0 Å². The summed E-state index contributed by atoms with van der Waals surface area (Å²) < 4.78 is 1.02.